The lowest BCUT2D eigenvalue weighted by Crippen LogP contribution is -2.45. The van der Waals surface area contributed by atoms with E-state index in [0.29, 0.717) is 0 Å². The highest BCUT2D eigenvalue weighted by molar-refractivity contribution is 4.81. The van der Waals surface area contributed by atoms with Crippen molar-refractivity contribution in [3.05, 3.63) is 0 Å². The van der Waals surface area contributed by atoms with Crippen LogP contribution in [0.4, 0.5) is 0 Å². The highest BCUT2D eigenvalue weighted by atomic mass is 16.3. The number of nitrogens with zero attached hydrogens (tertiary/aromatic N) is 1. The molecule has 0 fully saturated rings. The van der Waals surface area contributed by atoms with E-state index in [4.69, 9.17) is 10.8 Å². The number of rotatable bonds is 7. The van der Waals surface area contributed by atoms with E-state index < -0.39 is 0 Å². The van der Waals surface area contributed by atoms with Gasteiger partial charge in [0.2, 0.25) is 0 Å². The van der Waals surface area contributed by atoms with Gasteiger partial charge >= 0.3 is 0 Å². The second-order valence-electron chi connectivity index (χ2n) is 4.78. The third kappa shape index (κ3) is 4.94. The Hall–Kier alpha value is -0.120. The van der Waals surface area contributed by atoms with Gasteiger partial charge in [-0.15, -0.1) is 0 Å². The van der Waals surface area contributed by atoms with E-state index in [9.17, 15) is 0 Å². The van der Waals surface area contributed by atoms with E-state index in [1.54, 1.807) is 0 Å². The molecule has 0 aliphatic carbocycles. The summed E-state index contributed by atoms with van der Waals surface area (Å²) in [5, 5.41) is 8.93. The topological polar surface area (TPSA) is 49.5 Å². The highest BCUT2D eigenvalue weighted by Crippen LogP contribution is 2.20. The Labute approximate surface area is 88.3 Å². The SMILES string of the molecule is CCCN(CCO)CC(C)(C)C(C)N. The molecule has 0 aromatic carbocycles. The van der Waals surface area contributed by atoms with Crippen molar-refractivity contribution in [2.75, 3.05) is 26.2 Å². The smallest absolute Gasteiger partial charge is 0.0558 e. The van der Waals surface area contributed by atoms with Gasteiger partial charge in [-0.3, -0.25) is 0 Å². The summed E-state index contributed by atoms with van der Waals surface area (Å²) in [6, 6.07) is 0.181. The Morgan fingerprint density at radius 1 is 1.36 bits per heavy atom. The molecular formula is C11H26N2O. The van der Waals surface area contributed by atoms with Crippen molar-refractivity contribution in [2.24, 2.45) is 11.1 Å². The van der Waals surface area contributed by atoms with Crippen LogP contribution in [0.1, 0.15) is 34.1 Å². The van der Waals surface area contributed by atoms with Crippen molar-refractivity contribution in [1.82, 2.24) is 4.90 Å². The summed E-state index contributed by atoms with van der Waals surface area (Å²) >= 11 is 0. The third-order valence-corrected chi connectivity index (χ3v) is 2.82. The lowest BCUT2D eigenvalue weighted by molar-refractivity contribution is 0.130. The average molecular weight is 202 g/mol. The van der Waals surface area contributed by atoms with Gasteiger partial charge in [-0.05, 0) is 25.3 Å². The van der Waals surface area contributed by atoms with Crippen LogP contribution >= 0.6 is 0 Å². The molecule has 0 saturated carbocycles. The lowest BCUT2D eigenvalue weighted by Gasteiger charge is -2.35. The first-order valence-electron chi connectivity index (χ1n) is 5.52. The van der Waals surface area contributed by atoms with E-state index in [1.807, 2.05) is 6.92 Å². The van der Waals surface area contributed by atoms with E-state index in [-0.39, 0.29) is 18.1 Å². The molecule has 3 nitrogen and oxygen atoms in total. The van der Waals surface area contributed by atoms with Gasteiger partial charge in [0.1, 0.15) is 0 Å². The molecule has 0 saturated heterocycles. The minimum atomic E-state index is 0.115. The molecule has 1 atom stereocenters. The summed E-state index contributed by atoms with van der Waals surface area (Å²) in [5.74, 6) is 0. The van der Waals surface area contributed by atoms with Gasteiger partial charge in [0.05, 0.1) is 6.61 Å². The Kier molecular flexibility index (Phi) is 6.33. The second kappa shape index (κ2) is 6.38. The molecule has 0 radical (unpaired) electrons. The number of hydrogen-bond acceptors (Lipinski definition) is 3. The molecule has 0 rings (SSSR count). The monoisotopic (exact) mass is 202 g/mol. The molecule has 3 heteroatoms. The maximum Gasteiger partial charge on any atom is 0.0558 e. The fourth-order valence-corrected chi connectivity index (χ4v) is 1.45. The molecule has 3 N–H and O–H groups in total. The molecule has 1 unspecified atom stereocenters. The number of hydrogen-bond donors (Lipinski definition) is 2. The lowest BCUT2D eigenvalue weighted by atomic mass is 9.85. The quantitative estimate of drug-likeness (QED) is 0.649. The zero-order chi connectivity index (χ0) is 11.2. The van der Waals surface area contributed by atoms with Gasteiger partial charge in [-0.2, -0.15) is 0 Å². The summed E-state index contributed by atoms with van der Waals surface area (Å²) in [4.78, 5) is 2.28. The summed E-state index contributed by atoms with van der Waals surface area (Å²) in [6.07, 6.45) is 1.12. The predicted octanol–water partition coefficient (Wildman–Crippen LogP) is 1.06. The van der Waals surface area contributed by atoms with Gasteiger partial charge in [-0.25, -0.2) is 0 Å². The molecule has 0 aromatic rings. The Morgan fingerprint density at radius 3 is 2.29 bits per heavy atom. The van der Waals surface area contributed by atoms with E-state index in [1.165, 1.54) is 0 Å². The fraction of sp³-hybridized carbons (Fsp3) is 1.00. The molecule has 0 spiro atoms. The first-order valence-corrected chi connectivity index (χ1v) is 5.52. The Bertz CT molecular complexity index is 140. The van der Waals surface area contributed by atoms with Crippen LogP contribution in [0.5, 0.6) is 0 Å². The molecule has 0 bridgehead atoms. The molecule has 0 heterocycles. The number of aliphatic hydroxyl groups excluding tert-OH is 1. The molecule has 86 valence electrons. The Morgan fingerprint density at radius 2 is 1.93 bits per heavy atom. The van der Waals surface area contributed by atoms with Crippen LogP contribution in [-0.4, -0.2) is 42.3 Å². The second-order valence-corrected chi connectivity index (χ2v) is 4.78. The summed E-state index contributed by atoms with van der Waals surface area (Å²) in [5.41, 5.74) is 6.04. The third-order valence-electron chi connectivity index (χ3n) is 2.82. The van der Waals surface area contributed by atoms with E-state index >= 15 is 0 Å². The minimum Gasteiger partial charge on any atom is -0.395 e. The van der Waals surface area contributed by atoms with Crippen LogP contribution in [0.3, 0.4) is 0 Å². The van der Waals surface area contributed by atoms with Gasteiger partial charge in [0, 0.05) is 19.1 Å². The van der Waals surface area contributed by atoms with Crippen LogP contribution < -0.4 is 5.73 Å². The maximum absolute atomic E-state index is 8.93. The van der Waals surface area contributed by atoms with E-state index in [2.05, 4.69) is 25.7 Å². The van der Waals surface area contributed by atoms with Crippen LogP contribution in [0.25, 0.3) is 0 Å². The summed E-state index contributed by atoms with van der Waals surface area (Å²) in [7, 11) is 0. The van der Waals surface area contributed by atoms with Gasteiger partial charge in [0.15, 0.2) is 0 Å². The molecule has 0 aromatic heterocycles. The molecular weight excluding hydrogens is 176 g/mol. The molecule has 0 aliphatic heterocycles. The van der Waals surface area contributed by atoms with Crippen LogP contribution in [-0.2, 0) is 0 Å². The van der Waals surface area contributed by atoms with Crippen molar-refractivity contribution in [3.8, 4) is 0 Å². The highest BCUT2D eigenvalue weighted by Gasteiger charge is 2.25. The van der Waals surface area contributed by atoms with Gasteiger partial charge in [-0.1, -0.05) is 20.8 Å². The standard InChI is InChI=1S/C11H26N2O/c1-5-6-13(7-8-14)9-11(3,4)10(2)12/h10,14H,5-9,12H2,1-4H3. The summed E-state index contributed by atoms with van der Waals surface area (Å²) in [6.45, 7) is 11.5. The summed E-state index contributed by atoms with van der Waals surface area (Å²) < 4.78 is 0. The van der Waals surface area contributed by atoms with Gasteiger partial charge < -0.3 is 15.7 Å². The van der Waals surface area contributed by atoms with Crippen LogP contribution in [0.15, 0.2) is 0 Å². The zero-order valence-corrected chi connectivity index (χ0v) is 10.1. The number of aliphatic hydroxyl groups is 1. The molecule has 14 heavy (non-hydrogen) atoms. The normalized spacial score (nSPS) is 14.8. The van der Waals surface area contributed by atoms with E-state index in [0.717, 1.165) is 26.1 Å². The first-order chi connectivity index (χ1) is 6.44. The maximum atomic E-state index is 8.93. The predicted molar refractivity (Wildman–Crippen MR) is 61.2 cm³/mol. The Balaban J connectivity index is 4.12. The zero-order valence-electron chi connectivity index (χ0n) is 10.1. The molecule has 0 amide bonds. The van der Waals surface area contributed by atoms with Crippen molar-refractivity contribution < 1.29 is 5.11 Å². The fourth-order valence-electron chi connectivity index (χ4n) is 1.45. The first kappa shape index (κ1) is 13.9. The molecule has 0 aliphatic rings. The number of nitrogens with two attached hydrogens (primary N) is 1. The van der Waals surface area contributed by atoms with Crippen molar-refractivity contribution in [3.63, 3.8) is 0 Å². The average Bonchev–Trinajstić information content (AvgIpc) is 2.04. The van der Waals surface area contributed by atoms with Crippen molar-refractivity contribution in [1.29, 1.82) is 0 Å². The van der Waals surface area contributed by atoms with Crippen molar-refractivity contribution in [2.45, 2.75) is 40.2 Å². The van der Waals surface area contributed by atoms with Crippen LogP contribution in [0, 0.1) is 5.41 Å². The van der Waals surface area contributed by atoms with Crippen molar-refractivity contribution >= 4 is 0 Å². The minimum absolute atomic E-state index is 0.115. The van der Waals surface area contributed by atoms with Gasteiger partial charge in [0.25, 0.3) is 0 Å². The largest absolute Gasteiger partial charge is 0.395 e. The van der Waals surface area contributed by atoms with Crippen LogP contribution in [0.2, 0.25) is 0 Å².